The van der Waals surface area contributed by atoms with Gasteiger partial charge in [0.05, 0.1) is 12.6 Å². The van der Waals surface area contributed by atoms with Gasteiger partial charge in [0.25, 0.3) is 0 Å². The lowest BCUT2D eigenvalue weighted by Gasteiger charge is -2.32. The molecule has 5 nitrogen and oxygen atoms in total. The van der Waals surface area contributed by atoms with E-state index in [1.807, 2.05) is 24.3 Å². The lowest BCUT2D eigenvalue weighted by Crippen LogP contribution is -2.42. The molecule has 2 aliphatic heterocycles. The fourth-order valence-corrected chi connectivity index (χ4v) is 5.40. The van der Waals surface area contributed by atoms with Crippen LogP contribution in [0.4, 0.5) is 0 Å². The molecule has 1 aromatic carbocycles. The van der Waals surface area contributed by atoms with E-state index in [0.29, 0.717) is 12.5 Å². The Hall–Kier alpha value is -2.18. The van der Waals surface area contributed by atoms with Crippen molar-refractivity contribution < 1.29 is 9.21 Å². The van der Waals surface area contributed by atoms with Gasteiger partial charge in [0.15, 0.2) is 11.5 Å². The van der Waals surface area contributed by atoms with Crippen LogP contribution < -0.4 is 0 Å². The van der Waals surface area contributed by atoms with Gasteiger partial charge < -0.3 is 9.32 Å². The summed E-state index contributed by atoms with van der Waals surface area (Å²) in [6, 6.07) is 12.5. The highest BCUT2D eigenvalue weighted by Crippen LogP contribution is 2.35. The number of rotatable bonds is 4. The van der Waals surface area contributed by atoms with Crippen LogP contribution in [0.1, 0.15) is 48.4 Å². The molecule has 1 unspecified atom stereocenters. The zero-order valence-corrected chi connectivity index (χ0v) is 16.7. The van der Waals surface area contributed by atoms with E-state index in [9.17, 15) is 4.79 Å². The Balaban J connectivity index is 1.18. The number of hydrogen-bond donors (Lipinski definition) is 0. The quantitative estimate of drug-likeness (QED) is 0.656. The first-order valence-corrected chi connectivity index (χ1v) is 11.1. The van der Waals surface area contributed by atoms with Gasteiger partial charge in [0.1, 0.15) is 5.52 Å². The molecule has 28 heavy (non-hydrogen) atoms. The van der Waals surface area contributed by atoms with Gasteiger partial charge in [0, 0.05) is 17.3 Å². The predicted octanol–water partition coefficient (Wildman–Crippen LogP) is 4.43. The summed E-state index contributed by atoms with van der Waals surface area (Å²) in [7, 11) is 0. The largest absolute Gasteiger partial charge is 0.440 e. The number of fused-ring (bicyclic) bond motifs is 1. The zero-order chi connectivity index (χ0) is 18.9. The van der Waals surface area contributed by atoms with Crippen molar-refractivity contribution in [3.8, 4) is 0 Å². The first-order valence-electron chi connectivity index (χ1n) is 10.2. The molecule has 0 N–H and O–H groups in total. The van der Waals surface area contributed by atoms with Crippen molar-refractivity contribution in [2.24, 2.45) is 0 Å². The molecule has 0 saturated carbocycles. The maximum Gasteiger partial charge on any atom is 0.237 e. The van der Waals surface area contributed by atoms with Gasteiger partial charge in [-0.25, -0.2) is 4.98 Å². The Morgan fingerprint density at radius 2 is 1.96 bits per heavy atom. The van der Waals surface area contributed by atoms with E-state index in [2.05, 4.69) is 32.3 Å². The number of carbonyl (C=O) groups is 1. The minimum Gasteiger partial charge on any atom is -0.440 e. The highest BCUT2D eigenvalue weighted by atomic mass is 32.1. The Morgan fingerprint density at radius 1 is 1.11 bits per heavy atom. The minimum absolute atomic E-state index is 0.274. The number of nitrogens with zero attached hydrogens (tertiary/aromatic N) is 3. The van der Waals surface area contributed by atoms with Crippen LogP contribution >= 0.6 is 11.3 Å². The SMILES string of the molecule is O=C(CN1CCC(c2nc3ccccc3o2)CC1)N1CCCC1c1cccs1. The number of carbonyl (C=O) groups excluding carboxylic acids is 1. The van der Waals surface area contributed by atoms with Gasteiger partial charge >= 0.3 is 0 Å². The van der Waals surface area contributed by atoms with Crippen LogP contribution in [0.2, 0.25) is 0 Å². The van der Waals surface area contributed by atoms with Crippen molar-refractivity contribution in [1.29, 1.82) is 0 Å². The van der Waals surface area contributed by atoms with Gasteiger partial charge in [-0.2, -0.15) is 0 Å². The van der Waals surface area contributed by atoms with Crippen molar-refractivity contribution in [1.82, 2.24) is 14.8 Å². The first kappa shape index (κ1) is 17.9. The maximum absolute atomic E-state index is 12.9. The summed E-state index contributed by atoms with van der Waals surface area (Å²) in [6.45, 7) is 3.27. The molecule has 4 heterocycles. The molecule has 0 aliphatic carbocycles. The summed E-state index contributed by atoms with van der Waals surface area (Å²) in [5.41, 5.74) is 1.80. The number of piperidine rings is 1. The number of amides is 1. The highest BCUT2D eigenvalue weighted by molar-refractivity contribution is 7.10. The second kappa shape index (κ2) is 7.68. The van der Waals surface area contributed by atoms with Gasteiger partial charge in [-0.3, -0.25) is 9.69 Å². The van der Waals surface area contributed by atoms with Crippen LogP contribution in [-0.4, -0.2) is 46.9 Å². The average molecular weight is 396 g/mol. The van der Waals surface area contributed by atoms with Gasteiger partial charge in [-0.05, 0) is 62.4 Å². The molecule has 2 saturated heterocycles. The lowest BCUT2D eigenvalue weighted by molar-refractivity contribution is -0.133. The van der Waals surface area contributed by atoms with Crippen LogP contribution in [0, 0.1) is 0 Å². The van der Waals surface area contributed by atoms with Crippen molar-refractivity contribution >= 4 is 28.3 Å². The van der Waals surface area contributed by atoms with Crippen LogP contribution in [0.25, 0.3) is 11.1 Å². The molecule has 2 aromatic heterocycles. The van der Waals surface area contributed by atoms with Gasteiger partial charge in [-0.1, -0.05) is 18.2 Å². The van der Waals surface area contributed by atoms with Crippen molar-refractivity contribution in [3.05, 3.63) is 52.5 Å². The first-order chi connectivity index (χ1) is 13.8. The number of oxazole rings is 1. The summed E-state index contributed by atoms with van der Waals surface area (Å²) in [5, 5.41) is 2.10. The third-order valence-corrected chi connectivity index (χ3v) is 7.02. The second-order valence-corrected chi connectivity index (χ2v) is 8.81. The second-order valence-electron chi connectivity index (χ2n) is 7.83. The molecule has 1 atom stereocenters. The number of aromatic nitrogens is 1. The summed E-state index contributed by atoms with van der Waals surface area (Å²) in [4.78, 5) is 23.3. The van der Waals surface area contributed by atoms with E-state index in [1.165, 1.54) is 4.88 Å². The van der Waals surface area contributed by atoms with E-state index in [0.717, 1.165) is 62.3 Å². The molecule has 146 valence electrons. The predicted molar refractivity (Wildman–Crippen MR) is 110 cm³/mol. The molecule has 0 bridgehead atoms. The van der Waals surface area contributed by atoms with Crippen molar-refractivity contribution in [2.75, 3.05) is 26.2 Å². The summed E-state index contributed by atoms with van der Waals surface area (Å²) >= 11 is 1.76. The Labute approximate surface area is 169 Å². The maximum atomic E-state index is 12.9. The van der Waals surface area contributed by atoms with E-state index < -0.39 is 0 Å². The van der Waals surface area contributed by atoms with Crippen LogP contribution in [0.3, 0.4) is 0 Å². The summed E-state index contributed by atoms with van der Waals surface area (Å²) in [5.74, 6) is 1.48. The minimum atomic E-state index is 0.274. The molecular weight excluding hydrogens is 370 g/mol. The van der Waals surface area contributed by atoms with E-state index >= 15 is 0 Å². The van der Waals surface area contributed by atoms with Crippen LogP contribution in [-0.2, 0) is 4.79 Å². The molecule has 5 rings (SSSR count). The average Bonchev–Trinajstić information content (AvgIpc) is 3.47. The van der Waals surface area contributed by atoms with Crippen molar-refractivity contribution in [2.45, 2.75) is 37.6 Å². The van der Waals surface area contributed by atoms with Crippen LogP contribution in [0.15, 0.2) is 46.2 Å². The van der Waals surface area contributed by atoms with Crippen LogP contribution in [0.5, 0.6) is 0 Å². The summed E-state index contributed by atoms with van der Waals surface area (Å²) < 4.78 is 5.96. The molecule has 2 fully saturated rings. The van der Waals surface area contributed by atoms with E-state index in [4.69, 9.17) is 4.42 Å². The van der Waals surface area contributed by atoms with Gasteiger partial charge in [-0.15, -0.1) is 11.3 Å². The fourth-order valence-electron chi connectivity index (χ4n) is 4.53. The lowest BCUT2D eigenvalue weighted by atomic mass is 9.97. The molecule has 0 spiro atoms. The number of hydrogen-bond acceptors (Lipinski definition) is 5. The smallest absolute Gasteiger partial charge is 0.237 e. The third kappa shape index (κ3) is 3.47. The molecule has 6 heteroatoms. The Kier molecular flexibility index (Phi) is 4.91. The molecule has 3 aromatic rings. The summed E-state index contributed by atoms with van der Waals surface area (Å²) in [6.07, 6.45) is 4.18. The topological polar surface area (TPSA) is 49.6 Å². The number of benzene rings is 1. The van der Waals surface area contributed by atoms with Crippen molar-refractivity contribution in [3.63, 3.8) is 0 Å². The highest BCUT2D eigenvalue weighted by Gasteiger charge is 2.32. The zero-order valence-electron chi connectivity index (χ0n) is 15.9. The molecule has 0 radical (unpaired) electrons. The monoisotopic (exact) mass is 395 g/mol. The number of thiophene rings is 1. The molecular formula is C22H25N3O2S. The Morgan fingerprint density at radius 3 is 2.75 bits per heavy atom. The normalized spacial score (nSPS) is 21.6. The standard InChI is InChI=1S/C22H25N3O2S/c26-21(25-11-3-6-18(25)20-8-4-14-28-20)15-24-12-9-16(10-13-24)22-23-17-5-1-2-7-19(17)27-22/h1-2,4-5,7-8,14,16,18H,3,6,9-13,15H2. The number of para-hydroxylation sites is 2. The molecule has 2 aliphatic rings. The number of likely N-dealkylation sites (tertiary alicyclic amines) is 2. The van der Waals surface area contributed by atoms with Gasteiger partial charge in [0.2, 0.25) is 5.91 Å². The van der Waals surface area contributed by atoms with E-state index in [-0.39, 0.29) is 11.9 Å². The Bertz CT molecular complexity index is 911. The third-order valence-electron chi connectivity index (χ3n) is 6.05. The fraction of sp³-hybridized carbons (Fsp3) is 0.455. The van der Waals surface area contributed by atoms with E-state index in [1.54, 1.807) is 11.3 Å². The molecule has 1 amide bonds.